The predicted molar refractivity (Wildman–Crippen MR) is 94.1 cm³/mol. The van der Waals surface area contributed by atoms with Crippen LogP contribution in [-0.2, 0) is 0 Å². The highest BCUT2D eigenvalue weighted by Crippen LogP contribution is 2.21. The summed E-state index contributed by atoms with van der Waals surface area (Å²) in [7, 11) is 0. The fourth-order valence-electron chi connectivity index (χ4n) is 2.41. The van der Waals surface area contributed by atoms with E-state index in [1.54, 1.807) is 19.1 Å². The van der Waals surface area contributed by atoms with Crippen LogP contribution in [0.1, 0.15) is 11.3 Å². The standard InChI is InChI=1S/C16H11ClFN7O/c1-9-11(7-19-10-2-3-13(18)12(17)6-10)16(26)25(22-9)15-5-4-14-21-20-8-24(14)23-15/h2-8,22H,1H3. The summed E-state index contributed by atoms with van der Waals surface area (Å²) >= 11 is 5.74. The zero-order chi connectivity index (χ0) is 18.3. The summed E-state index contributed by atoms with van der Waals surface area (Å²) in [6, 6.07) is 7.43. The number of fused-ring (bicyclic) bond motifs is 1. The Morgan fingerprint density at radius 3 is 2.96 bits per heavy atom. The number of halogens is 2. The summed E-state index contributed by atoms with van der Waals surface area (Å²) in [6.45, 7) is 1.74. The van der Waals surface area contributed by atoms with Crippen molar-refractivity contribution in [3.63, 3.8) is 0 Å². The molecule has 26 heavy (non-hydrogen) atoms. The first-order chi connectivity index (χ1) is 12.5. The molecule has 0 atom stereocenters. The van der Waals surface area contributed by atoms with Gasteiger partial charge in [-0.15, -0.1) is 15.3 Å². The van der Waals surface area contributed by atoms with Crippen LogP contribution in [0.15, 0.2) is 46.4 Å². The van der Waals surface area contributed by atoms with Gasteiger partial charge in [0.05, 0.1) is 16.3 Å². The Hall–Kier alpha value is -3.33. The summed E-state index contributed by atoms with van der Waals surface area (Å²) in [6.07, 6.45) is 2.85. The third kappa shape index (κ3) is 2.78. The SMILES string of the molecule is Cc1[nH]n(-c2ccc3nncn3n2)c(=O)c1C=Nc1ccc(F)c(Cl)c1. The molecule has 10 heteroatoms. The molecule has 0 saturated heterocycles. The van der Waals surface area contributed by atoms with E-state index >= 15 is 0 Å². The van der Waals surface area contributed by atoms with Gasteiger partial charge >= 0.3 is 0 Å². The number of hydrogen-bond acceptors (Lipinski definition) is 5. The maximum Gasteiger partial charge on any atom is 0.281 e. The molecule has 0 saturated carbocycles. The van der Waals surface area contributed by atoms with Gasteiger partial charge in [-0.25, -0.2) is 4.39 Å². The van der Waals surface area contributed by atoms with Crippen molar-refractivity contribution in [2.75, 3.05) is 0 Å². The number of aromatic amines is 1. The van der Waals surface area contributed by atoms with Crippen molar-refractivity contribution < 1.29 is 4.39 Å². The lowest BCUT2D eigenvalue weighted by Gasteiger charge is -2.00. The second-order valence-electron chi connectivity index (χ2n) is 5.47. The van der Waals surface area contributed by atoms with Crippen molar-refractivity contribution in [3.8, 4) is 5.82 Å². The molecule has 3 aromatic heterocycles. The van der Waals surface area contributed by atoms with E-state index in [1.165, 1.54) is 39.9 Å². The maximum atomic E-state index is 13.2. The molecular weight excluding hydrogens is 361 g/mol. The number of nitrogens with zero attached hydrogens (tertiary/aromatic N) is 6. The van der Waals surface area contributed by atoms with E-state index in [0.29, 0.717) is 28.4 Å². The van der Waals surface area contributed by atoms with E-state index in [-0.39, 0.29) is 10.6 Å². The molecule has 0 spiro atoms. The number of benzene rings is 1. The topological polar surface area (TPSA) is 93.2 Å². The minimum atomic E-state index is -0.527. The second-order valence-corrected chi connectivity index (χ2v) is 5.88. The molecule has 0 aliphatic carbocycles. The first-order valence-electron chi connectivity index (χ1n) is 7.51. The van der Waals surface area contributed by atoms with Crippen molar-refractivity contribution in [3.05, 3.63) is 69.1 Å². The smallest absolute Gasteiger partial charge is 0.281 e. The highest BCUT2D eigenvalue weighted by atomic mass is 35.5. The van der Waals surface area contributed by atoms with E-state index in [4.69, 9.17) is 11.6 Å². The van der Waals surface area contributed by atoms with Gasteiger partial charge in [0.1, 0.15) is 12.1 Å². The van der Waals surface area contributed by atoms with Gasteiger partial charge in [-0.2, -0.15) is 9.20 Å². The summed E-state index contributed by atoms with van der Waals surface area (Å²) in [5.41, 5.74) is 1.65. The van der Waals surface area contributed by atoms with E-state index in [0.717, 1.165) is 0 Å². The average Bonchev–Trinajstić information content (AvgIpc) is 3.20. The summed E-state index contributed by atoms with van der Waals surface area (Å²) in [4.78, 5) is 16.9. The number of nitrogens with one attached hydrogen (secondary N) is 1. The van der Waals surface area contributed by atoms with Gasteiger partial charge in [0.25, 0.3) is 5.56 Å². The summed E-state index contributed by atoms with van der Waals surface area (Å²) < 4.78 is 16.0. The van der Waals surface area contributed by atoms with Crippen LogP contribution in [0.3, 0.4) is 0 Å². The van der Waals surface area contributed by atoms with Crippen molar-refractivity contribution in [1.29, 1.82) is 0 Å². The number of H-pyrrole nitrogens is 1. The Balaban J connectivity index is 1.73. The van der Waals surface area contributed by atoms with Crippen molar-refractivity contribution in [2.45, 2.75) is 6.92 Å². The summed E-state index contributed by atoms with van der Waals surface area (Å²) in [5.74, 6) is -0.142. The van der Waals surface area contributed by atoms with Crippen LogP contribution in [-0.4, -0.2) is 35.8 Å². The predicted octanol–water partition coefficient (Wildman–Crippen LogP) is 2.45. The third-order valence-corrected chi connectivity index (χ3v) is 4.03. The van der Waals surface area contributed by atoms with Gasteiger partial charge in [0.15, 0.2) is 11.5 Å². The van der Waals surface area contributed by atoms with Crippen LogP contribution in [0.4, 0.5) is 10.1 Å². The molecule has 3 heterocycles. The van der Waals surface area contributed by atoms with Gasteiger partial charge < -0.3 is 0 Å². The minimum Gasteiger partial charge on any atom is -0.293 e. The van der Waals surface area contributed by atoms with Crippen LogP contribution < -0.4 is 5.56 Å². The molecule has 0 bridgehead atoms. The average molecular weight is 372 g/mol. The molecule has 4 rings (SSSR count). The molecule has 0 aliphatic heterocycles. The largest absolute Gasteiger partial charge is 0.293 e. The fourth-order valence-corrected chi connectivity index (χ4v) is 2.59. The normalized spacial score (nSPS) is 11.7. The summed E-state index contributed by atoms with van der Waals surface area (Å²) in [5, 5.41) is 14.8. The molecule has 0 fully saturated rings. The maximum absolute atomic E-state index is 13.2. The quantitative estimate of drug-likeness (QED) is 0.560. The highest BCUT2D eigenvalue weighted by molar-refractivity contribution is 6.31. The third-order valence-electron chi connectivity index (χ3n) is 3.74. The molecule has 1 N–H and O–H groups in total. The zero-order valence-corrected chi connectivity index (χ0v) is 14.1. The van der Waals surface area contributed by atoms with Crippen molar-refractivity contribution in [2.24, 2.45) is 4.99 Å². The molecule has 0 amide bonds. The Bertz CT molecular complexity index is 1210. The van der Waals surface area contributed by atoms with Gasteiger partial charge in [-0.05, 0) is 37.3 Å². The lowest BCUT2D eigenvalue weighted by Crippen LogP contribution is -2.19. The molecule has 0 aliphatic rings. The first-order valence-corrected chi connectivity index (χ1v) is 7.89. The molecule has 4 aromatic rings. The molecule has 1 aromatic carbocycles. The molecule has 0 radical (unpaired) electrons. The number of rotatable bonds is 3. The number of aliphatic imine (C=N–C) groups is 1. The van der Waals surface area contributed by atoms with E-state index in [2.05, 4.69) is 25.4 Å². The van der Waals surface area contributed by atoms with Crippen LogP contribution in [0.25, 0.3) is 11.5 Å². The lowest BCUT2D eigenvalue weighted by atomic mass is 10.2. The molecule has 0 unspecified atom stereocenters. The molecule has 8 nitrogen and oxygen atoms in total. The van der Waals surface area contributed by atoms with Crippen LogP contribution >= 0.6 is 11.6 Å². The van der Waals surface area contributed by atoms with Crippen molar-refractivity contribution >= 4 is 29.2 Å². The van der Waals surface area contributed by atoms with Crippen LogP contribution in [0.5, 0.6) is 0 Å². The van der Waals surface area contributed by atoms with Crippen LogP contribution in [0, 0.1) is 12.7 Å². The number of aromatic nitrogens is 6. The number of hydrogen-bond donors (Lipinski definition) is 1. The fraction of sp³-hybridized carbons (Fsp3) is 0.0625. The van der Waals surface area contributed by atoms with E-state index < -0.39 is 5.82 Å². The van der Waals surface area contributed by atoms with Gasteiger partial charge in [0, 0.05) is 11.9 Å². The van der Waals surface area contributed by atoms with Gasteiger partial charge in [0.2, 0.25) is 0 Å². The Morgan fingerprint density at radius 1 is 1.31 bits per heavy atom. The van der Waals surface area contributed by atoms with Crippen molar-refractivity contribution in [1.82, 2.24) is 29.6 Å². The molecular formula is C16H11ClFN7O. The van der Waals surface area contributed by atoms with E-state index in [9.17, 15) is 9.18 Å². The monoisotopic (exact) mass is 371 g/mol. The zero-order valence-electron chi connectivity index (χ0n) is 13.4. The highest BCUT2D eigenvalue weighted by Gasteiger charge is 2.12. The van der Waals surface area contributed by atoms with Gasteiger partial charge in [-0.3, -0.25) is 14.9 Å². The second kappa shape index (κ2) is 6.19. The Kier molecular flexibility index (Phi) is 3.85. The minimum absolute atomic E-state index is 0.0331. The molecule has 130 valence electrons. The van der Waals surface area contributed by atoms with Crippen LogP contribution in [0.2, 0.25) is 5.02 Å². The lowest BCUT2D eigenvalue weighted by molar-refractivity contribution is 0.628. The van der Waals surface area contributed by atoms with Gasteiger partial charge in [-0.1, -0.05) is 11.6 Å². The van der Waals surface area contributed by atoms with E-state index in [1.807, 2.05) is 0 Å². The Morgan fingerprint density at radius 2 is 2.15 bits per heavy atom. The Labute approximate surface area is 150 Å². The number of aryl methyl sites for hydroxylation is 1. The first kappa shape index (κ1) is 16.2.